The van der Waals surface area contributed by atoms with Gasteiger partial charge in [-0.1, -0.05) is 0 Å². The van der Waals surface area contributed by atoms with Crippen LogP contribution < -0.4 is 5.73 Å². The average Bonchev–Trinajstić information content (AvgIpc) is 2.49. The summed E-state index contributed by atoms with van der Waals surface area (Å²) in [6.45, 7) is 1.61. The standard InChI is InChI=1S/C10H13NOS/c1-6(12)10-5-7-8(11)3-2-4-9(7)13-10/h5,8H,2-4,11H2,1H3. The Morgan fingerprint density at radius 3 is 3.08 bits per heavy atom. The summed E-state index contributed by atoms with van der Waals surface area (Å²) in [6, 6.07) is 2.14. The van der Waals surface area contributed by atoms with Crippen LogP contribution in [0.4, 0.5) is 0 Å². The van der Waals surface area contributed by atoms with E-state index in [0.29, 0.717) is 0 Å². The first-order valence-electron chi connectivity index (χ1n) is 4.57. The Morgan fingerprint density at radius 1 is 1.69 bits per heavy atom. The smallest absolute Gasteiger partial charge is 0.169 e. The molecule has 0 saturated heterocycles. The van der Waals surface area contributed by atoms with E-state index < -0.39 is 0 Å². The minimum Gasteiger partial charge on any atom is -0.324 e. The maximum Gasteiger partial charge on any atom is 0.169 e. The van der Waals surface area contributed by atoms with Crippen LogP contribution in [0, 0.1) is 0 Å². The second-order valence-electron chi connectivity index (χ2n) is 3.54. The maximum absolute atomic E-state index is 11.1. The summed E-state index contributed by atoms with van der Waals surface area (Å²) in [7, 11) is 0. The van der Waals surface area contributed by atoms with Gasteiger partial charge in [0.25, 0.3) is 0 Å². The zero-order valence-electron chi connectivity index (χ0n) is 7.67. The molecule has 0 saturated carbocycles. The predicted octanol–water partition coefficient (Wildman–Crippen LogP) is 2.29. The molecule has 1 aliphatic carbocycles. The van der Waals surface area contributed by atoms with Gasteiger partial charge < -0.3 is 5.73 Å². The van der Waals surface area contributed by atoms with Crippen LogP contribution in [0.3, 0.4) is 0 Å². The highest BCUT2D eigenvalue weighted by Crippen LogP contribution is 2.34. The molecule has 1 aromatic heterocycles. The van der Waals surface area contributed by atoms with E-state index in [1.807, 2.05) is 6.07 Å². The Labute approximate surface area is 81.8 Å². The maximum atomic E-state index is 11.1. The normalized spacial score (nSPS) is 21.2. The van der Waals surface area contributed by atoms with Gasteiger partial charge in [0.2, 0.25) is 0 Å². The second kappa shape index (κ2) is 3.24. The van der Waals surface area contributed by atoms with Gasteiger partial charge >= 0.3 is 0 Å². The van der Waals surface area contributed by atoms with E-state index in [1.54, 1.807) is 18.3 Å². The van der Waals surface area contributed by atoms with Gasteiger partial charge in [0.15, 0.2) is 5.78 Å². The van der Waals surface area contributed by atoms with Crippen LogP contribution in [0.1, 0.15) is 45.9 Å². The number of aryl methyl sites for hydroxylation is 1. The van der Waals surface area contributed by atoms with Crippen molar-refractivity contribution >= 4 is 17.1 Å². The van der Waals surface area contributed by atoms with Gasteiger partial charge in [0.1, 0.15) is 0 Å². The molecule has 2 N–H and O–H groups in total. The first-order chi connectivity index (χ1) is 6.18. The molecule has 0 aliphatic heterocycles. The van der Waals surface area contributed by atoms with Gasteiger partial charge in [-0.25, -0.2) is 0 Å². The van der Waals surface area contributed by atoms with Gasteiger partial charge in [-0.3, -0.25) is 4.79 Å². The number of carbonyl (C=O) groups is 1. The molecular formula is C10H13NOS. The topological polar surface area (TPSA) is 43.1 Å². The Balaban J connectivity index is 2.42. The van der Waals surface area contributed by atoms with Crippen LogP contribution >= 0.6 is 11.3 Å². The largest absolute Gasteiger partial charge is 0.324 e. The van der Waals surface area contributed by atoms with Gasteiger partial charge in [-0.2, -0.15) is 0 Å². The highest BCUT2D eigenvalue weighted by atomic mass is 32.1. The molecule has 1 unspecified atom stereocenters. The number of hydrogen-bond acceptors (Lipinski definition) is 3. The first-order valence-corrected chi connectivity index (χ1v) is 5.39. The predicted molar refractivity (Wildman–Crippen MR) is 54.2 cm³/mol. The third-order valence-electron chi connectivity index (χ3n) is 2.51. The average molecular weight is 195 g/mol. The zero-order chi connectivity index (χ0) is 9.42. The van der Waals surface area contributed by atoms with Crippen LogP contribution in [-0.4, -0.2) is 5.78 Å². The number of Topliss-reactive ketones (excluding diaryl/α,β-unsaturated/α-hetero) is 1. The quantitative estimate of drug-likeness (QED) is 0.699. The molecule has 0 spiro atoms. The van der Waals surface area contributed by atoms with Crippen molar-refractivity contribution in [1.82, 2.24) is 0 Å². The molecule has 2 nitrogen and oxygen atoms in total. The van der Waals surface area contributed by atoms with Crippen molar-refractivity contribution in [3.8, 4) is 0 Å². The summed E-state index contributed by atoms with van der Waals surface area (Å²) in [5.74, 6) is 0.159. The number of ketones is 1. The van der Waals surface area contributed by atoms with Crippen LogP contribution in [0.5, 0.6) is 0 Å². The molecular weight excluding hydrogens is 182 g/mol. The van der Waals surface area contributed by atoms with Gasteiger partial charge in [0, 0.05) is 10.9 Å². The Morgan fingerprint density at radius 2 is 2.46 bits per heavy atom. The van der Waals surface area contributed by atoms with E-state index >= 15 is 0 Å². The molecule has 13 heavy (non-hydrogen) atoms. The SMILES string of the molecule is CC(=O)c1cc2c(s1)CCCC2N. The molecule has 70 valence electrons. The molecule has 1 atom stereocenters. The lowest BCUT2D eigenvalue weighted by Crippen LogP contribution is -2.15. The van der Waals surface area contributed by atoms with E-state index in [9.17, 15) is 4.79 Å². The van der Waals surface area contributed by atoms with E-state index in [2.05, 4.69) is 0 Å². The monoisotopic (exact) mass is 195 g/mol. The third-order valence-corrected chi connectivity index (χ3v) is 3.82. The minimum atomic E-state index is 0.159. The molecule has 0 aromatic carbocycles. The Bertz CT molecular complexity index is 343. The Hall–Kier alpha value is -0.670. The van der Waals surface area contributed by atoms with E-state index in [4.69, 9.17) is 5.73 Å². The molecule has 0 fully saturated rings. The summed E-state index contributed by atoms with van der Waals surface area (Å²) in [5.41, 5.74) is 7.16. The number of rotatable bonds is 1. The minimum absolute atomic E-state index is 0.159. The zero-order valence-corrected chi connectivity index (χ0v) is 8.49. The summed E-state index contributed by atoms with van der Waals surface area (Å²) in [5, 5.41) is 0. The van der Waals surface area contributed by atoms with Crippen LogP contribution in [0.2, 0.25) is 0 Å². The van der Waals surface area contributed by atoms with Crippen LogP contribution in [0.15, 0.2) is 6.07 Å². The van der Waals surface area contributed by atoms with Crippen molar-refractivity contribution in [2.75, 3.05) is 0 Å². The van der Waals surface area contributed by atoms with Crippen molar-refractivity contribution in [2.24, 2.45) is 5.73 Å². The lowest BCUT2D eigenvalue weighted by atomic mass is 9.94. The van der Waals surface area contributed by atoms with Gasteiger partial charge in [-0.15, -0.1) is 11.3 Å². The number of thiophene rings is 1. The van der Waals surface area contributed by atoms with E-state index in [1.165, 1.54) is 10.4 Å². The highest BCUT2D eigenvalue weighted by molar-refractivity contribution is 7.14. The van der Waals surface area contributed by atoms with Crippen molar-refractivity contribution in [3.05, 3.63) is 21.4 Å². The van der Waals surface area contributed by atoms with Crippen LogP contribution in [-0.2, 0) is 6.42 Å². The third kappa shape index (κ3) is 1.54. The van der Waals surface area contributed by atoms with Gasteiger partial charge in [0.05, 0.1) is 4.88 Å². The van der Waals surface area contributed by atoms with E-state index in [0.717, 1.165) is 24.1 Å². The summed E-state index contributed by atoms with van der Waals surface area (Å²) >= 11 is 1.62. The molecule has 0 amide bonds. The number of carbonyl (C=O) groups excluding carboxylic acids is 1. The molecule has 1 heterocycles. The van der Waals surface area contributed by atoms with Crippen LogP contribution in [0.25, 0.3) is 0 Å². The fraction of sp³-hybridized carbons (Fsp3) is 0.500. The van der Waals surface area contributed by atoms with Crippen molar-refractivity contribution in [2.45, 2.75) is 32.2 Å². The fourth-order valence-corrected chi connectivity index (χ4v) is 2.93. The molecule has 1 aromatic rings. The number of hydrogen-bond donors (Lipinski definition) is 1. The van der Waals surface area contributed by atoms with Crippen molar-refractivity contribution < 1.29 is 4.79 Å². The summed E-state index contributed by atoms with van der Waals surface area (Å²) < 4.78 is 0. The lowest BCUT2D eigenvalue weighted by molar-refractivity contribution is 0.102. The molecule has 1 aliphatic rings. The molecule has 0 radical (unpaired) electrons. The van der Waals surface area contributed by atoms with Crippen molar-refractivity contribution in [3.63, 3.8) is 0 Å². The molecule has 0 bridgehead atoms. The summed E-state index contributed by atoms with van der Waals surface area (Å²) in [4.78, 5) is 13.3. The summed E-state index contributed by atoms with van der Waals surface area (Å²) in [6.07, 6.45) is 3.31. The lowest BCUT2D eigenvalue weighted by Gasteiger charge is -2.17. The fourth-order valence-electron chi connectivity index (χ4n) is 1.76. The van der Waals surface area contributed by atoms with Crippen molar-refractivity contribution in [1.29, 1.82) is 0 Å². The molecule has 2 rings (SSSR count). The highest BCUT2D eigenvalue weighted by Gasteiger charge is 2.20. The second-order valence-corrected chi connectivity index (χ2v) is 4.68. The Kier molecular flexibility index (Phi) is 2.22. The number of nitrogens with two attached hydrogens (primary N) is 1. The first kappa shape index (κ1) is 8.91. The number of fused-ring (bicyclic) bond motifs is 1. The molecule has 3 heteroatoms. The van der Waals surface area contributed by atoms with E-state index in [-0.39, 0.29) is 11.8 Å². The van der Waals surface area contributed by atoms with Gasteiger partial charge in [-0.05, 0) is 37.8 Å².